The number of aromatic amines is 1. The third-order valence-corrected chi connectivity index (χ3v) is 2.87. The van der Waals surface area contributed by atoms with Crippen molar-refractivity contribution in [3.63, 3.8) is 0 Å². The number of Topliss-reactive ketones (excluding diaryl/α,β-unsaturated/α-hetero) is 1. The number of carbonyl (C=O) groups is 1. The standard InChI is InChI=1S/C14H14N2O4/c1-9-3-4-10(12(7-9)20-2)11(17)8-16-6-5-13(18)15-14(16)19/h3-7H,8H2,1-2H3,(H,15,18,19). The molecular formula is C14H14N2O4. The smallest absolute Gasteiger partial charge is 0.328 e. The normalized spacial score (nSPS) is 10.3. The molecule has 0 aliphatic carbocycles. The summed E-state index contributed by atoms with van der Waals surface area (Å²) >= 11 is 0. The largest absolute Gasteiger partial charge is 0.496 e. The fourth-order valence-electron chi connectivity index (χ4n) is 1.84. The summed E-state index contributed by atoms with van der Waals surface area (Å²) in [4.78, 5) is 36.8. The van der Waals surface area contributed by atoms with Crippen LogP contribution in [0, 0.1) is 6.92 Å². The van der Waals surface area contributed by atoms with Crippen molar-refractivity contribution in [2.45, 2.75) is 13.5 Å². The second-order valence-corrected chi connectivity index (χ2v) is 4.36. The molecule has 0 fully saturated rings. The molecule has 0 unspecified atom stereocenters. The van der Waals surface area contributed by atoms with Crippen LogP contribution < -0.4 is 16.0 Å². The summed E-state index contributed by atoms with van der Waals surface area (Å²) in [6.45, 7) is 1.73. The molecule has 2 rings (SSSR count). The molecule has 0 saturated heterocycles. The Hall–Kier alpha value is -2.63. The van der Waals surface area contributed by atoms with Gasteiger partial charge >= 0.3 is 5.69 Å². The Kier molecular flexibility index (Phi) is 3.84. The first-order chi connectivity index (χ1) is 9.51. The van der Waals surface area contributed by atoms with Crippen molar-refractivity contribution >= 4 is 5.78 Å². The van der Waals surface area contributed by atoms with E-state index >= 15 is 0 Å². The molecule has 0 aliphatic rings. The van der Waals surface area contributed by atoms with Crippen molar-refractivity contribution in [1.82, 2.24) is 9.55 Å². The quantitative estimate of drug-likeness (QED) is 0.834. The van der Waals surface area contributed by atoms with Gasteiger partial charge in [-0.05, 0) is 24.6 Å². The van der Waals surface area contributed by atoms with Crippen molar-refractivity contribution in [2.75, 3.05) is 7.11 Å². The predicted molar refractivity (Wildman–Crippen MR) is 73.4 cm³/mol. The molecule has 0 saturated carbocycles. The number of hydrogen-bond donors (Lipinski definition) is 1. The van der Waals surface area contributed by atoms with Gasteiger partial charge in [0.1, 0.15) is 5.75 Å². The van der Waals surface area contributed by atoms with E-state index in [2.05, 4.69) is 4.98 Å². The van der Waals surface area contributed by atoms with E-state index < -0.39 is 11.2 Å². The Balaban J connectivity index is 2.33. The molecule has 0 amide bonds. The maximum absolute atomic E-state index is 12.2. The molecule has 1 aromatic carbocycles. The molecule has 6 nitrogen and oxygen atoms in total. The van der Waals surface area contributed by atoms with Crippen LogP contribution in [0.25, 0.3) is 0 Å². The van der Waals surface area contributed by atoms with Gasteiger partial charge in [0.2, 0.25) is 0 Å². The number of hydrogen-bond acceptors (Lipinski definition) is 4. The van der Waals surface area contributed by atoms with Crippen molar-refractivity contribution in [2.24, 2.45) is 0 Å². The van der Waals surface area contributed by atoms with Crippen LogP contribution in [0.2, 0.25) is 0 Å². The number of methoxy groups -OCH3 is 1. The Morgan fingerprint density at radius 2 is 2.05 bits per heavy atom. The zero-order valence-corrected chi connectivity index (χ0v) is 11.2. The number of nitrogens with one attached hydrogen (secondary N) is 1. The van der Waals surface area contributed by atoms with Gasteiger partial charge < -0.3 is 4.74 Å². The molecule has 1 N–H and O–H groups in total. The molecule has 0 bridgehead atoms. The molecule has 104 valence electrons. The number of H-pyrrole nitrogens is 1. The van der Waals surface area contributed by atoms with Crippen LogP contribution in [0.3, 0.4) is 0 Å². The summed E-state index contributed by atoms with van der Waals surface area (Å²) in [6.07, 6.45) is 1.29. The van der Waals surface area contributed by atoms with Crippen molar-refractivity contribution < 1.29 is 9.53 Å². The lowest BCUT2D eigenvalue weighted by Gasteiger charge is -2.09. The Morgan fingerprint density at radius 1 is 1.30 bits per heavy atom. The van der Waals surface area contributed by atoms with Gasteiger partial charge in [0, 0.05) is 12.3 Å². The molecule has 0 atom stereocenters. The van der Waals surface area contributed by atoms with Crippen LogP contribution in [0.5, 0.6) is 5.75 Å². The highest BCUT2D eigenvalue weighted by Gasteiger charge is 2.13. The monoisotopic (exact) mass is 274 g/mol. The molecule has 20 heavy (non-hydrogen) atoms. The minimum Gasteiger partial charge on any atom is -0.496 e. The van der Waals surface area contributed by atoms with E-state index in [0.717, 1.165) is 10.1 Å². The lowest BCUT2D eigenvalue weighted by atomic mass is 10.1. The van der Waals surface area contributed by atoms with Gasteiger partial charge in [0.25, 0.3) is 5.56 Å². The van der Waals surface area contributed by atoms with Crippen LogP contribution in [-0.4, -0.2) is 22.4 Å². The molecular weight excluding hydrogens is 260 g/mol. The number of nitrogens with zero attached hydrogens (tertiary/aromatic N) is 1. The van der Waals surface area contributed by atoms with E-state index in [-0.39, 0.29) is 12.3 Å². The third kappa shape index (κ3) is 2.85. The highest BCUT2D eigenvalue weighted by atomic mass is 16.5. The van der Waals surface area contributed by atoms with E-state index in [9.17, 15) is 14.4 Å². The van der Waals surface area contributed by atoms with E-state index in [1.807, 2.05) is 6.92 Å². The van der Waals surface area contributed by atoms with Gasteiger partial charge in [-0.1, -0.05) is 6.07 Å². The molecule has 1 aromatic heterocycles. The average molecular weight is 274 g/mol. The number of rotatable bonds is 4. The second kappa shape index (κ2) is 5.56. The number of ketones is 1. The fraction of sp³-hybridized carbons (Fsp3) is 0.214. The van der Waals surface area contributed by atoms with Crippen LogP contribution in [0.4, 0.5) is 0 Å². The lowest BCUT2D eigenvalue weighted by Crippen LogP contribution is -2.30. The van der Waals surface area contributed by atoms with Crippen LogP contribution >= 0.6 is 0 Å². The predicted octanol–water partition coefficient (Wildman–Crippen LogP) is 0.737. The fourth-order valence-corrected chi connectivity index (χ4v) is 1.84. The number of aromatic nitrogens is 2. The molecule has 0 aliphatic heterocycles. The summed E-state index contributed by atoms with van der Waals surface area (Å²) in [5.41, 5.74) is 0.263. The first-order valence-corrected chi connectivity index (χ1v) is 5.99. The molecule has 0 radical (unpaired) electrons. The van der Waals surface area contributed by atoms with Crippen molar-refractivity contribution in [3.05, 3.63) is 62.4 Å². The number of carbonyl (C=O) groups excluding carboxylic acids is 1. The molecule has 2 aromatic rings. The number of ether oxygens (including phenoxy) is 1. The van der Waals surface area contributed by atoms with Crippen molar-refractivity contribution in [3.8, 4) is 5.75 Å². The number of benzene rings is 1. The van der Waals surface area contributed by atoms with Gasteiger partial charge in [-0.15, -0.1) is 0 Å². The van der Waals surface area contributed by atoms with Crippen LogP contribution in [0.15, 0.2) is 40.1 Å². The van der Waals surface area contributed by atoms with Crippen LogP contribution in [0.1, 0.15) is 15.9 Å². The van der Waals surface area contributed by atoms with Gasteiger partial charge in [0.05, 0.1) is 19.2 Å². The zero-order chi connectivity index (χ0) is 14.7. The summed E-state index contributed by atoms with van der Waals surface area (Å²) in [5.74, 6) is 0.198. The zero-order valence-electron chi connectivity index (χ0n) is 11.2. The maximum Gasteiger partial charge on any atom is 0.328 e. The summed E-state index contributed by atoms with van der Waals surface area (Å²) in [6, 6.07) is 6.41. The molecule has 6 heteroatoms. The van der Waals surface area contributed by atoms with Gasteiger partial charge in [0.15, 0.2) is 5.78 Å². The van der Waals surface area contributed by atoms with E-state index in [0.29, 0.717) is 11.3 Å². The Labute approximate surface area is 114 Å². The summed E-state index contributed by atoms with van der Waals surface area (Å²) in [7, 11) is 1.48. The average Bonchev–Trinajstić information content (AvgIpc) is 2.41. The van der Waals surface area contributed by atoms with Crippen LogP contribution in [-0.2, 0) is 6.54 Å². The molecule has 0 spiro atoms. The minimum absolute atomic E-state index is 0.158. The Bertz CT molecular complexity index is 758. The highest BCUT2D eigenvalue weighted by molar-refractivity contribution is 5.98. The first-order valence-electron chi connectivity index (χ1n) is 5.99. The van der Waals surface area contributed by atoms with E-state index in [1.54, 1.807) is 18.2 Å². The SMILES string of the molecule is COc1cc(C)ccc1C(=O)Cn1ccc(=O)[nH]c1=O. The topological polar surface area (TPSA) is 81.2 Å². The summed E-state index contributed by atoms with van der Waals surface area (Å²) < 4.78 is 6.31. The Morgan fingerprint density at radius 3 is 2.70 bits per heavy atom. The van der Waals surface area contributed by atoms with Gasteiger partial charge in [-0.3, -0.25) is 19.1 Å². The third-order valence-electron chi connectivity index (χ3n) is 2.87. The van der Waals surface area contributed by atoms with E-state index in [1.165, 1.54) is 19.4 Å². The summed E-state index contributed by atoms with van der Waals surface area (Å²) in [5, 5.41) is 0. The first kappa shape index (κ1) is 13.8. The van der Waals surface area contributed by atoms with E-state index in [4.69, 9.17) is 4.74 Å². The van der Waals surface area contributed by atoms with Crippen molar-refractivity contribution in [1.29, 1.82) is 0 Å². The molecule has 1 heterocycles. The number of aryl methyl sites for hydroxylation is 1. The minimum atomic E-state index is -0.614. The maximum atomic E-state index is 12.2. The highest BCUT2D eigenvalue weighted by Crippen LogP contribution is 2.20. The van der Waals surface area contributed by atoms with Gasteiger partial charge in [-0.25, -0.2) is 4.79 Å². The van der Waals surface area contributed by atoms with Gasteiger partial charge in [-0.2, -0.15) is 0 Å². The second-order valence-electron chi connectivity index (χ2n) is 4.36. The lowest BCUT2D eigenvalue weighted by molar-refractivity contribution is 0.0967.